The molecule has 1 saturated heterocycles. The zero-order valence-corrected chi connectivity index (χ0v) is 24.3. The van der Waals surface area contributed by atoms with Crippen LogP contribution in [0.1, 0.15) is 36.0 Å². The molecule has 0 radical (unpaired) electrons. The van der Waals surface area contributed by atoms with Crippen LogP contribution in [0.5, 0.6) is 5.75 Å². The number of benzene rings is 3. The Kier molecular flexibility index (Phi) is 9.62. The van der Waals surface area contributed by atoms with Crippen LogP contribution in [0.3, 0.4) is 0 Å². The van der Waals surface area contributed by atoms with E-state index in [1.165, 1.54) is 17.5 Å². The second kappa shape index (κ2) is 12.9. The van der Waals surface area contributed by atoms with E-state index in [0.717, 1.165) is 30.4 Å². The van der Waals surface area contributed by atoms with Gasteiger partial charge in [0.2, 0.25) is 26.0 Å². The molecule has 0 aliphatic carbocycles. The van der Waals surface area contributed by atoms with Crippen molar-refractivity contribution in [1.29, 1.82) is 0 Å². The van der Waals surface area contributed by atoms with Gasteiger partial charge in [-0.15, -0.1) is 0 Å². The molecule has 0 saturated carbocycles. The van der Waals surface area contributed by atoms with Crippen LogP contribution in [-0.2, 0) is 37.8 Å². The molecule has 1 aliphatic rings. The summed E-state index contributed by atoms with van der Waals surface area (Å²) in [6.45, 7) is 2.92. The quantitative estimate of drug-likeness (QED) is 0.356. The maximum Gasteiger partial charge on any atom is 0.244 e. The van der Waals surface area contributed by atoms with E-state index in [4.69, 9.17) is 4.74 Å². The van der Waals surface area contributed by atoms with Crippen molar-refractivity contribution < 1.29 is 26.4 Å². The Morgan fingerprint density at radius 3 is 2.23 bits per heavy atom. The molecule has 4 rings (SSSR count). The second-order valence-corrected chi connectivity index (χ2v) is 13.5. The summed E-state index contributed by atoms with van der Waals surface area (Å²) in [5.74, 6) is -0.333. The van der Waals surface area contributed by atoms with Crippen LogP contribution < -0.4 is 14.8 Å². The fraction of sp³-hybridized carbons (Fsp3) is 0.345. The van der Waals surface area contributed by atoms with Gasteiger partial charge >= 0.3 is 0 Å². The molecule has 40 heavy (non-hydrogen) atoms. The number of rotatable bonds is 11. The van der Waals surface area contributed by atoms with Crippen molar-refractivity contribution in [3.05, 3.63) is 89.5 Å². The van der Waals surface area contributed by atoms with Crippen LogP contribution in [0.4, 0.5) is 0 Å². The summed E-state index contributed by atoms with van der Waals surface area (Å²) in [4.78, 5) is 13.5. The molecule has 9 nitrogen and oxygen atoms in total. The monoisotopic (exact) mass is 585 g/mol. The fourth-order valence-corrected chi connectivity index (χ4v) is 7.59. The molecule has 0 aromatic heterocycles. The van der Waals surface area contributed by atoms with Crippen molar-refractivity contribution in [3.8, 4) is 5.75 Å². The van der Waals surface area contributed by atoms with Gasteiger partial charge in [-0.25, -0.2) is 16.8 Å². The van der Waals surface area contributed by atoms with Crippen LogP contribution in [-0.4, -0.2) is 53.3 Å². The third-order valence-corrected chi connectivity index (χ3v) is 10.3. The van der Waals surface area contributed by atoms with E-state index in [1.807, 2.05) is 30.3 Å². The lowest BCUT2D eigenvalue weighted by atomic mass is 10.1. The van der Waals surface area contributed by atoms with Gasteiger partial charge in [-0.1, -0.05) is 55.0 Å². The number of methoxy groups -OCH3 is 1. The van der Waals surface area contributed by atoms with E-state index in [-0.39, 0.29) is 28.5 Å². The van der Waals surface area contributed by atoms with Crippen molar-refractivity contribution in [2.75, 3.05) is 20.2 Å². The number of nitrogens with zero attached hydrogens (tertiary/aromatic N) is 1. The van der Waals surface area contributed by atoms with Crippen LogP contribution in [0.25, 0.3) is 0 Å². The smallest absolute Gasteiger partial charge is 0.244 e. The minimum atomic E-state index is -4.11. The van der Waals surface area contributed by atoms with Crippen molar-refractivity contribution >= 4 is 26.0 Å². The molecular weight excluding hydrogens is 550 g/mol. The first-order valence-electron chi connectivity index (χ1n) is 13.2. The highest BCUT2D eigenvalue weighted by Gasteiger charge is 2.29. The Morgan fingerprint density at radius 2 is 1.57 bits per heavy atom. The fourth-order valence-electron chi connectivity index (χ4n) is 4.63. The molecule has 0 unspecified atom stereocenters. The number of carbonyl (C=O) groups excluding carboxylic acids is 1. The molecule has 214 valence electrons. The molecule has 2 N–H and O–H groups in total. The van der Waals surface area contributed by atoms with Crippen LogP contribution in [0.15, 0.2) is 82.6 Å². The number of amides is 1. The summed E-state index contributed by atoms with van der Waals surface area (Å²) in [5.41, 5.74) is 2.21. The summed E-state index contributed by atoms with van der Waals surface area (Å²) in [5, 5.41) is 2.80. The first-order valence-corrected chi connectivity index (χ1v) is 16.1. The number of carbonyl (C=O) groups is 1. The Hall–Kier alpha value is -3.25. The second-order valence-electron chi connectivity index (χ2n) is 9.84. The van der Waals surface area contributed by atoms with Crippen LogP contribution >= 0.6 is 0 Å². The summed E-state index contributed by atoms with van der Waals surface area (Å²) in [6, 6.07) is 19.2. The van der Waals surface area contributed by atoms with Crippen molar-refractivity contribution in [3.63, 3.8) is 0 Å². The van der Waals surface area contributed by atoms with Gasteiger partial charge in [0.25, 0.3) is 0 Å². The van der Waals surface area contributed by atoms with Gasteiger partial charge in [-0.3, -0.25) is 4.79 Å². The van der Waals surface area contributed by atoms with Crippen LogP contribution in [0.2, 0.25) is 0 Å². The average Bonchev–Trinajstić information content (AvgIpc) is 2.96. The number of sulfonamides is 2. The largest absolute Gasteiger partial charge is 0.495 e. The van der Waals surface area contributed by atoms with E-state index in [0.29, 0.717) is 18.7 Å². The zero-order chi connectivity index (χ0) is 28.8. The minimum Gasteiger partial charge on any atom is -0.495 e. The molecule has 3 aromatic carbocycles. The van der Waals surface area contributed by atoms with Gasteiger partial charge < -0.3 is 10.1 Å². The first-order chi connectivity index (χ1) is 19.1. The zero-order valence-electron chi connectivity index (χ0n) is 22.7. The standard InChI is InChI=1S/C29H35N3O6S2/c1-22-11-16-27(38-2)28(19-22)39(34,35)31-26(20-23-9-5-3-6-10-23)29(33)30-21-24-12-14-25(15-13-24)40(36,37)32-17-7-4-8-18-32/h3,5-6,9-16,19,26,31H,4,7-8,17-18,20-21H2,1-2H3,(H,30,33)/t26-/m1/s1. The molecule has 3 aromatic rings. The minimum absolute atomic E-state index is 0.0497. The Labute approximate surface area is 236 Å². The Balaban J connectivity index is 1.49. The van der Waals surface area contributed by atoms with Gasteiger partial charge in [0, 0.05) is 19.6 Å². The first kappa shape index (κ1) is 29.7. The van der Waals surface area contributed by atoms with Crippen molar-refractivity contribution in [2.45, 2.75) is 55.0 Å². The maximum atomic E-state index is 13.4. The molecule has 0 spiro atoms. The number of hydrogen-bond donors (Lipinski definition) is 2. The highest BCUT2D eigenvalue weighted by atomic mass is 32.2. The molecule has 1 aliphatic heterocycles. The lowest BCUT2D eigenvalue weighted by Gasteiger charge is -2.25. The number of nitrogens with one attached hydrogen (secondary N) is 2. The molecule has 1 heterocycles. The van der Waals surface area contributed by atoms with Gasteiger partial charge in [0.15, 0.2) is 0 Å². The Bertz CT molecular complexity index is 1520. The maximum absolute atomic E-state index is 13.4. The van der Waals surface area contributed by atoms with E-state index < -0.39 is 32.0 Å². The molecule has 1 fully saturated rings. The lowest BCUT2D eigenvalue weighted by molar-refractivity contribution is -0.122. The highest BCUT2D eigenvalue weighted by Crippen LogP contribution is 2.25. The van der Waals surface area contributed by atoms with Gasteiger partial charge in [0.1, 0.15) is 16.7 Å². The third-order valence-electron chi connectivity index (χ3n) is 6.85. The molecule has 1 amide bonds. The van der Waals surface area contributed by atoms with E-state index in [9.17, 15) is 21.6 Å². The van der Waals surface area contributed by atoms with E-state index in [2.05, 4.69) is 10.0 Å². The van der Waals surface area contributed by atoms with Crippen molar-refractivity contribution in [1.82, 2.24) is 14.3 Å². The average molecular weight is 586 g/mol. The normalized spacial score (nSPS) is 15.3. The van der Waals surface area contributed by atoms with Gasteiger partial charge in [-0.05, 0) is 67.1 Å². The number of aryl methyl sites for hydroxylation is 1. The lowest BCUT2D eigenvalue weighted by Crippen LogP contribution is -2.47. The molecule has 0 bridgehead atoms. The van der Waals surface area contributed by atoms with Crippen LogP contribution in [0, 0.1) is 6.92 Å². The molecule has 1 atom stereocenters. The predicted octanol–water partition coefficient (Wildman–Crippen LogP) is 3.38. The van der Waals surface area contributed by atoms with E-state index in [1.54, 1.807) is 43.3 Å². The molecular formula is C29H35N3O6S2. The predicted molar refractivity (Wildman–Crippen MR) is 153 cm³/mol. The molecule has 11 heteroatoms. The number of ether oxygens (including phenoxy) is 1. The third kappa shape index (κ3) is 7.28. The Morgan fingerprint density at radius 1 is 0.900 bits per heavy atom. The SMILES string of the molecule is COc1ccc(C)cc1S(=O)(=O)N[C@H](Cc1ccccc1)C(=O)NCc1ccc(S(=O)(=O)N2CCCCC2)cc1. The summed E-state index contributed by atoms with van der Waals surface area (Å²) in [6.07, 6.45) is 2.87. The summed E-state index contributed by atoms with van der Waals surface area (Å²) >= 11 is 0. The van der Waals surface area contributed by atoms with E-state index >= 15 is 0 Å². The summed E-state index contributed by atoms with van der Waals surface area (Å²) in [7, 11) is -6.28. The number of piperidine rings is 1. The van der Waals surface area contributed by atoms with Crippen molar-refractivity contribution in [2.24, 2.45) is 0 Å². The summed E-state index contributed by atoms with van der Waals surface area (Å²) < 4.78 is 61.9. The van der Waals surface area contributed by atoms with Gasteiger partial charge in [0.05, 0.1) is 12.0 Å². The van der Waals surface area contributed by atoms with Gasteiger partial charge in [-0.2, -0.15) is 9.03 Å². The highest BCUT2D eigenvalue weighted by molar-refractivity contribution is 7.89. The topological polar surface area (TPSA) is 122 Å². The number of hydrogen-bond acceptors (Lipinski definition) is 6.